The number of carbonyl (C=O) groups excluding carboxylic acids is 1. The average molecular weight is 184 g/mol. The molecule has 74 valence electrons. The van der Waals surface area contributed by atoms with Gasteiger partial charge in [0.2, 0.25) is 0 Å². The molecule has 0 radical (unpaired) electrons. The topological polar surface area (TPSA) is 38.8 Å². The Balaban J connectivity index is 2.14. The molecule has 1 aliphatic heterocycles. The van der Waals surface area contributed by atoms with E-state index in [1.807, 2.05) is 6.08 Å². The van der Waals surface area contributed by atoms with E-state index in [0.29, 0.717) is 6.61 Å². The Kier molecular flexibility index (Phi) is 3.48. The van der Waals surface area contributed by atoms with Crippen molar-refractivity contribution in [3.8, 4) is 0 Å². The lowest BCUT2D eigenvalue weighted by Gasteiger charge is -2.10. The highest BCUT2D eigenvalue weighted by Gasteiger charge is 2.45. The first-order valence-electron chi connectivity index (χ1n) is 4.57. The predicted octanol–water partition coefficient (Wildman–Crippen LogP) is 1.67. The number of carbonyl (C=O) groups is 1. The molecule has 0 aromatic carbocycles. The molecule has 0 spiro atoms. The van der Waals surface area contributed by atoms with Crippen LogP contribution in [0.5, 0.6) is 0 Å². The summed E-state index contributed by atoms with van der Waals surface area (Å²) in [6.07, 6.45) is 4.88. The fraction of sp³-hybridized carbons (Fsp3) is 0.700. The molecule has 0 N–H and O–H groups in total. The van der Waals surface area contributed by atoms with Gasteiger partial charge in [-0.05, 0) is 19.3 Å². The highest BCUT2D eigenvalue weighted by Crippen LogP contribution is 2.33. The van der Waals surface area contributed by atoms with Crippen molar-refractivity contribution in [2.24, 2.45) is 0 Å². The van der Waals surface area contributed by atoms with Gasteiger partial charge in [0.1, 0.15) is 12.2 Å². The van der Waals surface area contributed by atoms with Crippen molar-refractivity contribution >= 4 is 5.97 Å². The van der Waals surface area contributed by atoms with Crippen LogP contribution in [-0.2, 0) is 14.3 Å². The van der Waals surface area contributed by atoms with E-state index in [1.54, 1.807) is 0 Å². The van der Waals surface area contributed by atoms with Crippen LogP contribution in [0.4, 0.5) is 0 Å². The van der Waals surface area contributed by atoms with Gasteiger partial charge in [0, 0.05) is 6.92 Å². The van der Waals surface area contributed by atoms with Gasteiger partial charge < -0.3 is 9.47 Å². The van der Waals surface area contributed by atoms with E-state index < -0.39 is 0 Å². The van der Waals surface area contributed by atoms with E-state index in [1.165, 1.54) is 6.92 Å². The van der Waals surface area contributed by atoms with E-state index in [0.717, 1.165) is 25.9 Å². The Bertz CT molecular complexity index is 194. The third kappa shape index (κ3) is 3.59. The Hall–Kier alpha value is -0.830. The molecule has 0 aliphatic carbocycles. The molecule has 3 heteroatoms. The highest BCUT2D eigenvalue weighted by atomic mass is 16.6. The van der Waals surface area contributed by atoms with Crippen molar-refractivity contribution in [1.29, 1.82) is 0 Å². The molecular formula is C10H16O3. The van der Waals surface area contributed by atoms with E-state index in [4.69, 9.17) is 9.47 Å². The van der Waals surface area contributed by atoms with Gasteiger partial charge in [-0.1, -0.05) is 6.08 Å². The van der Waals surface area contributed by atoms with Crippen LogP contribution in [0.3, 0.4) is 0 Å². The molecule has 1 fully saturated rings. The van der Waals surface area contributed by atoms with Crippen LogP contribution in [-0.4, -0.2) is 24.8 Å². The summed E-state index contributed by atoms with van der Waals surface area (Å²) in [6, 6.07) is 0. The standard InChI is InChI=1S/C10H16O3/c1-3-4-5-6-10(8-13-10)7-12-9(2)11/h3H,1,4-8H2,2H3/t10-/m1/s1. The van der Waals surface area contributed by atoms with Gasteiger partial charge in [-0.3, -0.25) is 4.79 Å². The van der Waals surface area contributed by atoms with E-state index in [-0.39, 0.29) is 11.6 Å². The second-order valence-electron chi connectivity index (χ2n) is 3.43. The second-order valence-corrected chi connectivity index (χ2v) is 3.43. The SMILES string of the molecule is C=CCCC[C@@]1(COC(C)=O)CO1. The van der Waals surface area contributed by atoms with Crippen molar-refractivity contribution in [3.05, 3.63) is 12.7 Å². The molecule has 1 saturated heterocycles. The molecule has 1 rings (SSSR count). The second kappa shape index (κ2) is 4.42. The number of epoxide rings is 1. The van der Waals surface area contributed by atoms with Crippen molar-refractivity contribution in [2.75, 3.05) is 13.2 Å². The van der Waals surface area contributed by atoms with Crippen LogP contribution < -0.4 is 0 Å². The number of hydrogen-bond donors (Lipinski definition) is 0. The van der Waals surface area contributed by atoms with E-state index in [9.17, 15) is 4.79 Å². The van der Waals surface area contributed by atoms with Crippen LogP contribution in [0.2, 0.25) is 0 Å². The van der Waals surface area contributed by atoms with Crippen LogP contribution in [0.15, 0.2) is 12.7 Å². The van der Waals surface area contributed by atoms with Crippen LogP contribution >= 0.6 is 0 Å². The van der Waals surface area contributed by atoms with Crippen LogP contribution in [0.25, 0.3) is 0 Å². The Morgan fingerprint density at radius 2 is 2.46 bits per heavy atom. The van der Waals surface area contributed by atoms with Gasteiger partial charge in [-0.15, -0.1) is 6.58 Å². The third-order valence-corrected chi connectivity index (χ3v) is 2.13. The molecule has 3 nitrogen and oxygen atoms in total. The fourth-order valence-electron chi connectivity index (χ4n) is 1.20. The lowest BCUT2D eigenvalue weighted by molar-refractivity contribution is -0.142. The number of ether oxygens (including phenoxy) is 2. The van der Waals surface area contributed by atoms with Crippen molar-refractivity contribution in [2.45, 2.75) is 31.8 Å². The summed E-state index contributed by atoms with van der Waals surface area (Å²) in [5.41, 5.74) is -0.158. The quantitative estimate of drug-likeness (QED) is 0.273. The summed E-state index contributed by atoms with van der Waals surface area (Å²) in [5, 5.41) is 0. The highest BCUT2D eigenvalue weighted by molar-refractivity contribution is 5.66. The molecule has 1 atom stereocenters. The molecule has 1 heterocycles. The van der Waals surface area contributed by atoms with E-state index >= 15 is 0 Å². The lowest BCUT2D eigenvalue weighted by Crippen LogP contribution is -2.21. The number of esters is 1. The smallest absolute Gasteiger partial charge is 0.302 e. The zero-order valence-corrected chi connectivity index (χ0v) is 8.04. The lowest BCUT2D eigenvalue weighted by atomic mass is 10.0. The van der Waals surface area contributed by atoms with Crippen molar-refractivity contribution in [3.63, 3.8) is 0 Å². The van der Waals surface area contributed by atoms with Crippen LogP contribution in [0.1, 0.15) is 26.2 Å². The molecule has 0 aromatic rings. The average Bonchev–Trinajstić information content (AvgIpc) is 2.83. The van der Waals surface area contributed by atoms with Gasteiger partial charge in [0.15, 0.2) is 0 Å². The molecule has 0 unspecified atom stereocenters. The molecule has 0 amide bonds. The minimum atomic E-state index is -0.237. The summed E-state index contributed by atoms with van der Waals surface area (Å²) >= 11 is 0. The Morgan fingerprint density at radius 3 is 2.92 bits per heavy atom. The number of allylic oxidation sites excluding steroid dienone is 1. The molecule has 13 heavy (non-hydrogen) atoms. The zero-order chi connectivity index (χ0) is 9.73. The Labute approximate surface area is 78.7 Å². The monoisotopic (exact) mass is 184 g/mol. The minimum Gasteiger partial charge on any atom is -0.463 e. The van der Waals surface area contributed by atoms with Gasteiger partial charge >= 0.3 is 5.97 Å². The fourth-order valence-corrected chi connectivity index (χ4v) is 1.20. The number of unbranched alkanes of at least 4 members (excludes halogenated alkanes) is 1. The Morgan fingerprint density at radius 1 is 1.77 bits per heavy atom. The number of hydrogen-bond acceptors (Lipinski definition) is 3. The van der Waals surface area contributed by atoms with Crippen molar-refractivity contribution in [1.82, 2.24) is 0 Å². The maximum Gasteiger partial charge on any atom is 0.302 e. The van der Waals surface area contributed by atoms with Crippen molar-refractivity contribution < 1.29 is 14.3 Å². The first kappa shape index (κ1) is 10.3. The first-order valence-corrected chi connectivity index (χ1v) is 4.57. The first-order chi connectivity index (χ1) is 6.18. The molecule has 0 saturated carbocycles. The zero-order valence-electron chi connectivity index (χ0n) is 8.04. The van der Waals surface area contributed by atoms with Gasteiger partial charge in [-0.2, -0.15) is 0 Å². The molecular weight excluding hydrogens is 168 g/mol. The largest absolute Gasteiger partial charge is 0.463 e. The van der Waals surface area contributed by atoms with E-state index in [2.05, 4.69) is 6.58 Å². The minimum absolute atomic E-state index is 0.158. The predicted molar refractivity (Wildman–Crippen MR) is 49.4 cm³/mol. The summed E-state index contributed by atoms with van der Waals surface area (Å²) in [4.78, 5) is 10.6. The summed E-state index contributed by atoms with van der Waals surface area (Å²) < 4.78 is 10.2. The third-order valence-electron chi connectivity index (χ3n) is 2.13. The molecule has 0 bridgehead atoms. The number of rotatable bonds is 6. The maximum atomic E-state index is 10.6. The molecule has 0 aromatic heterocycles. The maximum absolute atomic E-state index is 10.6. The van der Waals surface area contributed by atoms with Gasteiger partial charge in [-0.25, -0.2) is 0 Å². The van der Waals surface area contributed by atoms with Gasteiger partial charge in [0.25, 0.3) is 0 Å². The molecule has 1 aliphatic rings. The summed E-state index contributed by atoms with van der Waals surface area (Å²) in [6.45, 7) is 6.19. The summed E-state index contributed by atoms with van der Waals surface area (Å²) in [7, 11) is 0. The normalized spacial score (nSPS) is 25.3. The van der Waals surface area contributed by atoms with Gasteiger partial charge in [0.05, 0.1) is 6.61 Å². The summed E-state index contributed by atoms with van der Waals surface area (Å²) in [5.74, 6) is -0.237. The van der Waals surface area contributed by atoms with Crippen LogP contribution in [0, 0.1) is 0 Å².